The monoisotopic (exact) mass is 519 g/mol. The summed E-state index contributed by atoms with van der Waals surface area (Å²) in [5.41, 5.74) is 5.33. The largest absolute Gasteiger partial charge is 0.490 e. The summed E-state index contributed by atoms with van der Waals surface area (Å²) in [5.74, 6) is 1.44. The average Bonchev–Trinajstić information content (AvgIpc) is 2.67. The number of nitrogens with zero attached hydrogens (tertiary/aromatic N) is 1. The van der Waals surface area contributed by atoms with Crippen LogP contribution in [-0.2, 0) is 6.61 Å². The zero-order valence-electron chi connectivity index (χ0n) is 16.7. The molecule has 0 aliphatic rings. The van der Waals surface area contributed by atoms with E-state index in [2.05, 4.69) is 53.6 Å². The Morgan fingerprint density at radius 2 is 1.86 bits per heavy atom. The second-order valence-corrected chi connectivity index (χ2v) is 8.33. The number of ether oxygens (including phenoxy) is 2. The van der Waals surface area contributed by atoms with Crippen LogP contribution in [0, 0.1) is 17.4 Å². The second-order valence-electron chi connectivity index (χ2n) is 6.73. The smallest absolute Gasteiger partial charge is 0.175 e. The van der Waals surface area contributed by atoms with E-state index < -0.39 is 0 Å². The van der Waals surface area contributed by atoms with E-state index in [1.54, 1.807) is 0 Å². The van der Waals surface area contributed by atoms with Crippen LogP contribution in [0.2, 0.25) is 5.02 Å². The van der Waals surface area contributed by atoms with E-state index in [9.17, 15) is 0 Å². The van der Waals surface area contributed by atoms with E-state index in [4.69, 9.17) is 21.1 Å². The molecule has 3 nitrogen and oxygen atoms in total. The van der Waals surface area contributed by atoms with Crippen molar-refractivity contribution in [1.82, 2.24) is 0 Å². The van der Waals surface area contributed by atoms with Crippen molar-refractivity contribution in [3.05, 3.63) is 85.4 Å². The summed E-state index contributed by atoms with van der Waals surface area (Å²) in [6.07, 6.45) is 1.86. The summed E-state index contributed by atoms with van der Waals surface area (Å²) in [7, 11) is 0. The lowest BCUT2D eigenvalue weighted by atomic mass is 10.1. The minimum Gasteiger partial charge on any atom is -0.490 e. The van der Waals surface area contributed by atoms with Crippen LogP contribution in [0.3, 0.4) is 0 Å². The highest BCUT2D eigenvalue weighted by atomic mass is 127. The molecule has 0 radical (unpaired) electrons. The molecule has 0 aliphatic heterocycles. The highest BCUT2D eigenvalue weighted by Crippen LogP contribution is 2.35. The lowest BCUT2D eigenvalue weighted by Crippen LogP contribution is -2.02. The van der Waals surface area contributed by atoms with Crippen LogP contribution in [0.5, 0.6) is 11.5 Å². The topological polar surface area (TPSA) is 30.8 Å². The number of aliphatic imine (C=N–C) groups is 1. The fraction of sp³-hybridized carbons (Fsp3) is 0.208. The Bertz CT molecular complexity index is 1030. The van der Waals surface area contributed by atoms with Gasteiger partial charge in [0.05, 0.1) is 15.9 Å². The van der Waals surface area contributed by atoms with Gasteiger partial charge in [-0.2, -0.15) is 0 Å². The van der Waals surface area contributed by atoms with Crippen molar-refractivity contribution in [2.75, 3.05) is 6.61 Å². The standard InChI is InChI=1S/C24H23ClINO2/c1-4-28-23-13-19(14-27-22-9-8-16(2)10-17(22)3)12-21(26)24(23)29-15-18-6-5-7-20(25)11-18/h5-14H,4,15H2,1-3H3. The molecular formula is C24H23ClINO2. The predicted octanol–water partition coefficient (Wildman–Crippen LogP) is 7.29. The number of aryl methyl sites for hydroxylation is 2. The van der Waals surface area contributed by atoms with Crippen LogP contribution in [0.4, 0.5) is 5.69 Å². The number of benzene rings is 3. The minimum atomic E-state index is 0.423. The first-order chi connectivity index (χ1) is 14.0. The van der Waals surface area contributed by atoms with Crippen LogP contribution < -0.4 is 9.47 Å². The lowest BCUT2D eigenvalue weighted by Gasteiger charge is -2.15. The molecule has 0 unspecified atom stereocenters. The highest BCUT2D eigenvalue weighted by Gasteiger charge is 2.12. The van der Waals surface area contributed by atoms with Crippen molar-refractivity contribution in [1.29, 1.82) is 0 Å². The number of halogens is 2. The highest BCUT2D eigenvalue weighted by molar-refractivity contribution is 14.1. The zero-order chi connectivity index (χ0) is 20.8. The first-order valence-electron chi connectivity index (χ1n) is 9.41. The molecule has 3 rings (SSSR count). The van der Waals surface area contributed by atoms with Gasteiger partial charge in [-0.1, -0.05) is 41.4 Å². The molecule has 29 heavy (non-hydrogen) atoms. The molecule has 0 saturated carbocycles. The Kier molecular flexibility index (Phi) is 7.56. The van der Waals surface area contributed by atoms with E-state index in [-0.39, 0.29) is 0 Å². The fourth-order valence-corrected chi connectivity index (χ4v) is 3.94. The van der Waals surface area contributed by atoms with Crippen LogP contribution in [0.25, 0.3) is 0 Å². The van der Waals surface area contributed by atoms with Gasteiger partial charge in [0.1, 0.15) is 6.61 Å². The molecule has 5 heteroatoms. The summed E-state index contributed by atoms with van der Waals surface area (Å²) in [6, 6.07) is 17.9. The van der Waals surface area contributed by atoms with Gasteiger partial charge < -0.3 is 9.47 Å². The SMILES string of the molecule is CCOc1cc(C=Nc2ccc(C)cc2C)cc(I)c1OCc1cccc(Cl)c1. The zero-order valence-corrected chi connectivity index (χ0v) is 19.6. The first kappa shape index (κ1) is 21.7. The summed E-state index contributed by atoms with van der Waals surface area (Å²) >= 11 is 8.34. The summed E-state index contributed by atoms with van der Waals surface area (Å²) in [5, 5.41) is 0.698. The summed E-state index contributed by atoms with van der Waals surface area (Å²) < 4.78 is 12.9. The van der Waals surface area contributed by atoms with Crippen molar-refractivity contribution in [2.24, 2.45) is 4.99 Å². The normalized spacial score (nSPS) is 11.1. The Morgan fingerprint density at radius 3 is 2.59 bits per heavy atom. The number of hydrogen-bond donors (Lipinski definition) is 0. The Balaban J connectivity index is 1.84. The molecule has 0 saturated heterocycles. The second kappa shape index (κ2) is 10.1. The van der Waals surface area contributed by atoms with Crippen molar-refractivity contribution >= 4 is 46.1 Å². The van der Waals surface area contributed by atoms with E-state index in [1.165, 1.54) is 5.56 Å². The molecule has 3 aromatic carbocycles. The van der Waals surface area contributed by atoms with Gasteiger partial charge in [-0.15, -0.1) is 0 Å². The number of hydrogen-bond acceptors (Lipinski definition) is 3. The summed E-state index contributed by atoms with van der Waals surface area (Å²) in [6.45, 7) is 7.10. The molecule has 0 aliphatic carbocycles. The molecule has 150 valence electrons. The lowest BCUT2D eigenvalue weighted by molar-refractivity contribution is 0.267. The van der Waals surface area contributed by atoms with Crippen molar-refractivity contribution in [3.63, 3.8) is 0 Å². The van der Waals surface area contributed by atoms with Crippen LogP contribution in [0.15, 0.2) is 59.6 Å². The molecule has 0 atom stereocenters. The molecule has 3 aromatic rings. The number of rotatable bonds is 7. The van der Waals surface area contributed by atoms with Gasteiger partial charge in [0.2, 0.25) is 0 Å². The van der Waals surface area contributed by atoms with Gasteiger partial charge in [0, 0.05) is 11.2 Å². The molecule has 0 N–H and O–H groups in total. The van der Waals surface area contributed by atoms with Gasteiger partial charge >= 0.3 is 0 Å². The van der Waals surface area contributed by atoms with Crippen LogP contribution >= 0.6 is 34.2 Å². The third-order valence-corrected chi connectivity index (χ3v) is 5.35. The molecule has 0 aromatic heterocycles. The minimum absolute atomic E-state index is 0.423. The molecule has 0 spiro atoms. The molecule has 0 amide bonds. The molecule has 0 heterocycles. The van der Waals surface area contributed by atoms with Crippen LogP contribution in [0.1, 0.15) is 29.2 Å². The van der Waals surface area contributed by atoms with Crippen molar-refractivity contribution in [3.8, 4) is 11.5 Å². The van der Waals surface area contributed by atoms with E-state index in [0.29, 0.717) is 24.0 Å². The maximum Gasteiger partial charge on any atom is 0.175 e. The maximum absolute atomic E-state index is 6.08. The first-order valence-corrected chi connectivity index (χ1v) is 10.9. The van der Waals surface area contributed by atoms with Crippen LogP contribution in [-0.4, -0.2) is 12.8 Å². The Hall–Kier alpha value is -2.05. The van der Waals surface area contributed by atoms with Gasteiger partial charge in [-0.05, 0) is 90.4 Å². The van der Waals surface area contributed by atoms with Gasteiger partial charge in [-0.3, -0.25) is 4.99 Å². The summed E-state index contributed by atoms with van der Waals surface area (Å²) in [4.78, 5) is 4.65. The fourth-order valence-electron chi connectivity index (χ4n) is 2.94. The van der Waals surface area contributed by atoms with Gasteiger partial charge in [0.25, 0.3) is 0 Å². The Morgan fingerprint density at radius 1 is 1.03 bits per heavy atom. The Labute approximate surface area is 190 Å². The van der Waals surface area contributed by atoms with Crippen molar-refractivity contribution in [2.45, 2.75) is 27.4 Å². The third kappa shape index (κ3) is 5.97. The van der Waals surface area contributed by atoms with Gasteiger partial charge in [-0.25, -0.2) is 0 Å². The average molecular weight is 520 g/mol. The maximum atomic E-state index is 6.08. The predicted molar refractivity (Wildman–Crippen MR) is 129 cm³/mol. The molecule has 0 fully saturated rings. The van der Waals surface area contributed by atoms with E-state index in [1.807, 2.05) is 55.6 Å². The van der Waals surface area contributed by atoms with E-state index >= 15 is 0 Å². The quantitative estimate of drug-likeness (QED) is 0.242. The van der Waals surface area contributed by atoms with Crippen molar-refractivity contribution < 1.29 is 9.47 Å². The van der Waals surface area contributed by atoms with Gasteiger partial charge in [0.15, 0.2) is 11.5 Å². The van der Waals surface area contributed by atoms with E-state index in [0.717, 1.165) is 31.7 Å². The molecule has 0 bridgehead atoms. The molecular weight excluding hydrogens is 497 g/mol. The third-order valence-electron chi connectivity index (χ3n) is 4.31.